The number of aromatic nitrogens is 4. The quantitative estimate of drug-likeness (QED) is 0.434. The fraction of sp³-hybridized carbons (Fsp3) is 0.381. The highest BCUT2D eigenvalue weighted by atomic mass is 32.2. The van der Waals surface area contributed by atoms with Gasteiger partial charge in [0.05, 0.1) is 18.4 Å². The maximum Gasteiger partial charge on any atom is 0.264 e. The molecule has 3 aromatic rings. The summed E-state index contributed by atoms with van der Waals surface area (Å²) < 4.78 is 47.2. The molecule has 2 unspecified atom stereocenters. The normalized spacial score (nSPS) is 18.7. The number of pyridine rings is 1. The van der Waals surface area contributed by atoms with E-state index < -0.39 is 25.6 Å². The molecular formula is C21H27N7O5S2. The van der Waals surface area contributed by atoms with Crippen LogP contribution in [-0.4, -0.2) is 80.0 Å². The summed E-state index contributed by atoms with van der Waals surface area (Å²) in [6.45, 7) is 2.45. The van der Waals surface area contributed by atoms with Crippen LogP contribution in [-0.2, 0) is 19.7 Å². The third-order valence-electron chi connectivity index (χ3n) is 5.49. The van der Waals surface area contributed by atoms with E-state index in [4.69, 9.17) is 4.74 Å². The first-order valence-electron chi connectivity index (χ1n) is 10.7. The standard InChI is InChI=1S/C21H27N7O5S2/c1-14-16(20(29)26-34(2,3)30)12-28-18(14)19(23-13-24-28)25-17-8-5-9-22-21(17)33-15-7-6-10-27(11-15)35(4,31)32/h5,8-9,12-13,15H,2,6-7,10-11H2,1,3-4H3,(H,23,24,25)(H,26,29,30). The van der Waals surface area contributed by atoms with Crippen LogP contribution < -0.4 is 14.8 Å². The van der Waals surface area contributed by atoms with Crippen LogP contribution in [0.25, 0.3) is 5.52 Å². The summed E-state index contributed by atoms with van der Waals surface area (Å²) in [4.78, 5) is 21.3. The van der Waals surface area contributed by atoms with Crippen LogP contribution in [0, 0.1) is 6.92 Å². The number of piperidine rings is 1. The molecule has 188 valence electrons. The minimum absolute atomic E-state index is 0.246. The number of nitrogens with one attached hydrogen (secondary N) is 2. The number of ether oxygens (including phenoxy) is 1. The first kappa shape index (κ1) is 24.9. The summed E-state index contributed by atoms with van der Waals surface area (Å²) in [5.41, 5.74) is 1.93. The molecule has 14 heteroatoms. The Bertz CT molecular complexity index is 1480. The number of sulfonamides is 1. The first-order chi connectivity index (χ1) is 16.4. The summed E-state index contributed by atoms with van der Waals surface area (Å²) >= 11 is 0. The SMILES string of the molecule is C=S(C)(=O)NC(=O)c1cn2ncnc(Nc3cccnc3OC3CCCN(S(C)(=O)=O)C3)c2c1C. The molecule has 1 amide bonds. The van der Waals surface area contributed by atoms with Crippen molar-refractivity contribution in [3.8, 4) is 5.88 Å². The van der Waals surface area contributed by atoms with Crippen molar-refractivity contribution in [1.29, 1.82) is 0 Å². The molecule has 0 bridgehead atoms. The zero-order chi connectivity index (χ0) is 25.4. The van der Waals surface area contributed by atoms with E-state index in [1.807, 2.05) is 0 Å². The number of rotatable bonds is 7. The van der Waals surface area contributed by atoms with Gasteiger partial charge in [-0.1, -0.05) is 0 Å². The lowest BCUT2D eigenvalue weighted by molar-refractivity contribution is 0.0982. The molecule has 35 heavy (non-hydrogen) atoms. The maximum absolute atomic E-state index is 12.6. The number of nitrogens with zero attached hydrogens (tertiary/aromatic N) is 5. The van der Waals surface area contributed by atoms with Crippen LogP contribution in [0.2, 0.25) is 0 Å². The van der Waals surface area contributed by atoms with E-state index in [0.717, 1.165) is 0 Å². The maximum atomic E-state index is 12.6. The molecule has 0 radical (unpaired) electrons. The fourth-order valence-electron chi connectivity index (χ4n) is 3.90. The van der Waals surface area contributed by atoms with Crippen molar-refractivity contribution in [3.05, 3.63) is 42.0 Å². The zero-order valence-electron chi connectivity index (χ0n) is 19.6. The smallest absolute Gasteiger partial charge is 0.264 e. The summed E-state index contributed by atoms with van der Waals surface area (Å²) in [6.07, 6.45) is 8.01. The van der Waals surface area contributed by atoms with E-state index in [-0.39, 0.29) is 18.2 Å². The van der Waals surface area contributed by atoms with Crippen LogP contribution >= 0.6 is 0 Å². The summed E-state index contributed by atoms with van der Waals surface area (Å²) in [5.74, 6) is 3.64. The molecule has 1 fully saturated rings. The molecule has 0 spiro atoms. The van der Waals surface area contributed by atoms with Gasteiger partial charge >= 0.3 is 0 Å². The van der Waals surface area contributed by atoms with E-state index in [9.17, 15) is 17.4 Å². The summed E-state index contributed by atoms with van der Waals surface area (Å²) in [7, 11) is -6.06. The van der Waals surface area contributed by atoms with E-state index >= 15 is 0 Å². The molecule has 1 saturated heterocycles. The molecule has 3 aromatic heterocycles. The minimum atomic E-state index is -3.31. The van der Waals surface area contributed by atoms with Crippen molar-refractivity contribution in [2.24, 2.45) is 0 Å². The number of hydrogen-bond acceptors (Lipinski definition) is 9. The molecule has 0 aromatic carbocycles. The molecule has 4 heterocycles. The Kier molecular flexibility index (Phi) is 6.71. The van der Waals surface area contributed by atoms with Crippen LogP contribution in [0.1, 0.15) is 28.8 Å². The van der Waals surface area contributed by atoms with Gasteiger partial charge < -0.3 is 10.1 Å². The largest absolute Gasteiger partial charge is 0.471 e. The van der Waals surface area contributed by atoms with Crippen LogP contribution in [0.4, 0.5) is 11.5 Å². The fourth-order valence-corrected chi connectivity index (χ4v) is 5.30. The van der Waals surface area contributed by atoms with Crippen molar-refractivity contribution < 1.29 is 22.2 Å². The van der Waals surface area contributed by atoms with Gasteiger partial charge in [0.1, 0.15) is 23.6 Å². The highest BCUT2D eigenvalue weighted by Crippen LogP contribution is 2.30. The van der Waals surface area contributed by atoms with Gasteiger partial charge in [-0.05, 0) is 43.3 Å². The number of aryl methyl sites for hydroxylation is 1. The molecule has 2 N–H and O–H groups in total. The first-order valence-corrected chi connectivity index (χ1v) is 14.7. The molecule has 2 atom stereocenters. The average molecular weight is 522 g/mol. The van der Waals surface area contributed by atoms with Gasteiger partial charge in [-0.25, -0.2) is 27.1 Å². The third kappa shape index (κ3) is 5.71. The summed E-state index contributed by atoms with van der Waals surface area (Å²) in [5, 5.41) is 7.38. The molecule has 0 saturated carbocycles. The lowest BCUT2D eigenvalue weighted by Gasteiger charge is -2.31. The van der Waals surface area contributed by atoms with Crippen molar-refractivity contribution in [1.82, 2.24) is 28.6 Å². The number of carbonyl (C=O) groups excluding carboxylic acids is 1. The van der Waals surface area contributed by atoms with Gasteiger partial charge in [0.15, 0.2) is 5.82 Å². The monoisotopic (exact) mass is 521 g/mol. The van der Waals surface area contributed by atoms with Gasteiger partial charge in [0, 0.05) is 34.9 Å². The van der Waals surface area contributed by atoms with E-state index in [2.05, 4.69) is 31.0 Å². The molecule has 12 nitrogen and oxygen atoms in total. The van der Waals surface area contributed by atoms with Crippen molar-refractivity contribution in [2.45, 2.75) is 25.9 Å². The Labute approximate surface area is 203 Å². The van der Waals surface area contributed by atoms with E-state index in [0.29, 0.717) is 47.9 Å². The Morgan fingerprint density at radius 2 is 2.03 bits per heavy atom. The molecule has 4 rings (SSSR count). The van der Waals surface area contributed by atoms with Crippen LogP contribution in [0.15, 0.2) is 30.9 Å². The molecular weight excluding hydrogens is 494 g/mol. The van der Waals surface area contributed by atoms with Crippen molar-refractivity contribution >= 4 is 48.5 Å². The Hall–Kier alpha value is -3.23. The Morgan fingerprint density at radius 1 is 1.26 bits per heavy atom. The molecule has 0 aliphatic carbocycles. The molecule has 1 aliphatic rings. The number of fused-ring (bicyclic) bond motifs is 1. The average Bonchev–Trinajstić information content (AvgIpc) is 3.11. The second kappa shape index (κ2) is 9.43. The minimum Gasteiger partial charge on any atom is -0.471 e. The zero-order valence-corrected chi connectivity index (χ0v) is 21.2. The van der Waals surface area contributed by atoms with Crippen molar-refractivity contribution in [2.75, 3.05) is 30.9 Å². The Balaban J connectivity index is 1.62. The second-order valence-electron chi connectivity index (χ2n) is 8.49. The lowest BCUT2D eigenvalue weighted by atomic mass is 10.1. The number of hydrogen-bond donors (Lipinski definition) is 2. The third-order valence-corrected chi connectivity index (χ3v) is 7.38. The van der Waals surface area contributed by atoms with Crippen LogP contribution in [0.3, 0.4) is 0 Å². The highest BCUT2D eigenvalue weighted by molar-refractivity contribution is 7.98. The van der Waals surface area contributed by atoms with Crippen LogP contribution in [0.5, 0.6) is 5.88 Å². The Morgan fingerprint density at radius 3 is 2.74 bits per heavy atom. The van der Waals surface area contributed by atoms with Gasteiger partial charge in [-0.3, -0.25) is 9.52 Å². The van der Waals surface area contributed by atoms with Gasteiger partial charge in [0.25, 0.3) is 5.91 Å². The van der Waals surface area contributed by atoms with E-state index in [1.165, 1.54) is 33.9 Å². The number of amides is 1. The van der Waals surface area contributed by atoms with Gasteiger partial charge in [0.2, 0.25) is 15.9 Å². The van der Waals surface area contributed by atoms with Gasteiger partial charge in [-0.15, -0.1) is 0 Å². The number of carbonyl (C=O) groups is 1. The summed E-state index contributed by atoms with van der Waals surface area (Å²) in [6, 6.07) is 3.49. The van der Waals surface area contributed by atoms with Gasteiger partial charge in [-0.2, -0.15) is 9.40 Å². The predicted octanol–water partition coefficient (Wildman–Crippen LogP) is 0.970. The second-order valence-corrected chi connectivity index (χ2v) is 12.7. The van der Waals surface area contributed by atoms with Crippen molar-refractivity contribution in [3.63, 3.8) is 0 Å². The van der Waals surface area contributed by atoms with E-state index in [1.54, 1.807) is 25.3 Å². The lowest BCUT2D eigenvalue weighted by Crippen LogP contribution is -2.43. The number of anilines is 2. The predicted molar refractivity (Wildman–Crippen MR) is 134 cm³/mol. The topological polar surface area (TPSA) is 148 Å². The highest BCUT2D eigenvalue weighted by Gasteiger charge is 2.28. The molecule has 1 aliphatic heterocycles.